The van der Waals surface area contributed by atoms with Crippen LogP contribution in [0.4, 0.5) is 0 Å². The van der Waals surface area contributed by atoms with Crippen LogP contribution in [-0.2, 0) is 11.2 Å². The largest absolute Gasteiger partial charge is 0.481 e. The van der Waals surface area contributed by atoms with Gasteiger partial charge in [0.1, 0.15) is 5.15 Å². The number of carbonyl (C=O) groups is 2. The lowest BCUT2D eigenvalue weighted by molar-refractivity contribution is -0.141. The van der Waals surface area contributed by atoms with Crippen LogP contribution in [0.5, 0.6) is 0 Å². The number of aryl methyl sites for hydroxylation is 1. The predicted octanol–water partition coefficient (Wildman–Crippen LogP) is 2.53. The van der Waals surface area contributed by atoms with E-state index in [0.717, 1.165) is 18.5 Å². The minimum atomic E-state index is -0.910. The molecule has 0 aliphatic rings. The van der Waals surface area contributed by atoms with Crippen molar-refractivity contribution >= 4 is 23.5 Å². The molecule has 1 heterocycles. The fourth-order valence-corrected chi connectivity index (χ4v) is 2.02. The number of carboxylic acid groups (broad SMARTS) is 1. The minimum absolute atomic E-state index is 0.105. The predicted molar refractivity (Wildman–Crippen MR) is 77.0 cm³/mol. The van der Waals surface area contributed by atoms with Crippen molar-refractivity contribution in [1.82, 2.24) is 10.3 Å². The van der Waals surface area contributed by atoms with Crippen LogP contribution in [0.1, 0.15) is 42.7 Å². The van der Waals surface area contributed by atoms with Gasteiger partial charge in [0.15, 0.2) is 0 Å². The first-order valence-electron chi connectivity index (χ1n) is 6.65. The molecule has 2 N–H and O–H groups in total. The van der Waals surface area contributed by atoms with Crippen molar-refractivity contribution in [1.29, 1.82) is 0 Å². The highest BCUT2D eigenvalue weighted by Gasteiger charge is 2.17. The minimum Gasteiger partial charge on any atom is -0.481 e. The monoisotopic (exact) mass is 298 g/mol. The van der Waals surface area contributed by atoms with E-state index >= 15 is 0 Å². The van der Waals surface area contributed by atoms with Crippen LogP contribution >= 0.6 is 11.6 Å². The highest BCUT2D eigenvalue weighted by molar-refractivity contribution is 6.29. The molecule has 110 valence electrons. The SMILES string of the molecule is CCCc1cc(C(=O)NCC(CC)C(=O)O)cc(Cl)n1. The van der Waals surface area contributed by atoms with E-state index in [1.165, 1.54) is 6.07 Å². The Bertz CT molecular complexity index is 491. The first-order valence-corrected chi connectivity index (χ1v) is 7.03. The molecule has 1 aromatic heterocycles. The zero-order valence-corrected chi connectivity index (χ0v) is 12.4. The van der Waals surface area contributed by atoms with E-state index in [2.05, 4.69) is 10.3 Å². The molecule has 5 nitrogen and oxygen atoms in total. The van der Waals surface area contributed by atoms with Crippen LogP contribution in [0.2, 0.25) is 5.15 Å². The quantitative estimate of drug-likeness (QED) is 0.758. The normalized spacial score (nSPS) is 11.9. The second-order valence-electron chi connectivity index (χ2n) is 4.57. The van der Waals surface area contributed by atoms with Crippen molar-refractivity contribution in [3.63, 3.8) is 0 Å². The molecule has 0 saturated carbocycles. The smallest absolute Gasteiger partial charge is 0.308 e. The summed E-state index contributed by atoms with van der Waals surface area (Å²) in [5, 5.41) is 11.8. The number of hydrogen-bond donors (Lipinski definition) is 2. The summed E-state index contributed by atoms with van der Waals surface area (Å²) < 4.78 is 0. The van der Waals surface area contributed by atoms with Crippen molar-refractivity contribution in [2.75, 3.05) is 6.54 Å². The number of aromatic nitrogens is 1. The Balaban J connectivity index is 2.74. The molecule has 1 aromatic rings. The van der Waals surface area contributed by atoms with E-state index in [1.54, 1.807) is 13.0 Å². The molecule has 0 bridgehead atoms. The van der Waals surface area contributed by atoms with Crippen molar-refractivity contribution in [3.8, 4) is 0 Å². The van der Waals surface area contributed by atoms with E-state index < -0.39 is 11.9 Å². The van der Waals surface area contributed by atoms with Crippen molar-refractivity contribution < 1.29 is 14.7 Å². The number of halogens is 1. The Kier molecular flexibility index (Phi) is 6.45. The Morgan fingerprint density at radius 1 is 1.40 bits per heavy atom. The van der Waals surface area contributed by atoms with Gasteiger partial charge in [-0.1, -0.05) is 31.9 Å². The van der Waals surface area contributed by atoms with Crippen LogP contribution in [0.25, 0.3) is 0 Å². The lowest BCUT2D eigenvalue weighted by atomic mass is 10.1. The van der Waals surface area contributed by atoms with Crippen molar-refractivity contribution in [2.24, 2.45) is 5.92 Å². The maximum Gasteiger partial charge on any atom is 0.308 e. The molecular weight excluding hydrogens is 280 g/mol. The summed E-state index contributed by atoms with van der Waals surface area (Å²) >= 11 is 5.89. The highest BCUT2D eigenvalue weighted by atomic mass is 35.5. The van der Waals surface area contributed by atoms with Gasteiger partial charge in [-0.2, -0.15) is 0 Å². The van der Waals surface area contributed by atoms with Gasteiger partial charge < -0.3 is 10.4 Å². The Morgan fingerprint density at radius 3 is 2.65 bits per heavy atom. The number of carbonyl (C=O) groups excluding carboxylic acids is 1. The van der Waals surface area contributed by atoms with Gasteiger partial charge in [-0.15, -0.1) is 0 Å². The second-order valence-corrected chi connectivity index (χ2v) is 4.96. The number of aliphatic carboxylic acids is 1. The summed E-state index contributed by atoms with van der Waals surface area (Å²) in [4.78, 5) is 27.0. The first kappa shape index (κ1) is 16.4. The zero-order chi connectivity index (χ0) is 15.1. The van der Waals surface area contributed by atoms with Gasteiger partial charge in [-0.25, -0.2) is 4.98 Å². The summed E-state index contributed by atoms with van der Waals surface area (Å²) in [6, 6.07) is 3.17. The van der Waals surface area contributed by atoms with Crippen molar-refractivity contribution in [3.05, 3.63) is 28.5 Å². The van der Waals surface area contributed by atoms with Crippen molar-refractivity contribution in [2.45, 2.75) is 33.1 Å². The highest BCUT2D eigenvalue weighted by Crippen LogP contribution is 2.12. The number of nitrogens with zero attached hydrogens (tertiary/aromatic N) is 1. The Hall–Kier alpha value is -1.62. The molecule has 6 heteroatoms. The number of pyridine rings is 1. The second kappa shape index (κ2) is 7.85. The Morgan fingerprint density at radius 2 is 2.10 bits per heavy atom. The number of nitrogens with one attached hydrogen (secondary N) is 1. The third-order valence-corrected chi connectivity index (χ3v) is 3.16. The third-order valence-electron chi connectivity index (χ3n) is 2.97. The van der Waals surface area contributed by atoms with Gasteiger partial charge in [-0.3, -0.25) is 9.59 Å². The number of amides is 1. The molecular formula is C14H19ClN2O3. The summed E-state index contributed by atoms with van der Waals surface area (Å²) in [6.45, 7) is 3.89. The number of carboxylic acids is 1. The molecule has 1 amide bonds. The third kappa shape index (κ3) is 4.81. The Labute approximate surface area is 123 Å². The van der Waals surface area contributed by atoms with Gasteiger partial charge in [0.2, 0.25) is 0 Å². The van der Waals surface area contributed by atoms with Crippen LogP contribution in [-0.4, -0.2) is 28.5 Å². The molecule has 0 fully saturated rings. The summed E-state index contributed by atoms with van der Waals surface area (Å²) in [5.74, 6) is -1.81. The van der Waals surface area contributed by atoms with E-state index in [4.69, 9.17) is 16.7 Å². The molecule has 1 atom stereocenters. The van der Waals surface area contributed by atoms with E-state index in [9.17, 15) is 9.59 Å². The molecule has 0 aliphatic carbocycles. The van der Waals surface area contributed by atoms with E-state index in [-0.39, 0.29) is 17.6 Å². The summed E-state index contributed by atoms with van der Waals surface area (Å²) in [6.07, 6.45) is 2.12. The fraction of sp³-hybridized carbons (Fsp3) is 0.500. The van der Waals surface area contributed by atoms with Crippen LogP contribution in [0.15, 0.2) is 12.1 Å². The molecule has 1 rings (SSSR count). The molecule has 1 unspecified atom stereocenters. The zero-order valence-electron chi connectivity index (χ0n) is 11.6. The summed E-state index contributed by atoms with van der Waals surface area (Å²) in [5.41, 5.74) is 1.17. The summed E-state index contributed by atoms with van der Waals surface area (Å²) in [7, 11) is 0. The molecule has 0 aliphatic heterocycles. The van der Waals surface area contributed by atoms with E-state index in [0.29, 0.717) is 12.0 Å². The van der Waals surface area contributed by atoms with Gasteiger partial charge in [-0.05, 0) is 25.0 Å². The van der Waals surface area contributed by atoms with Gasteiger partial charge in [0, 0.05) is 17.8 Å². The standard InChI is InChI=1S/C14H19ClN2O3/c1-3-5-11-6-10(7-12(15)17-11)13(18)16-8-9(4-2)14(19)20/h6-7,9H,3-5,8H2,1-2H3,(H,16,18)(H,19,20). The molecule has 0 saturated heterocycles. The number of hydrogen-bond acceptors (Lipinski definition) is 3. The average Bonchev–Trinajstić information content (AvgIpc) is 2.38. The van der Waals surface area contributed by atoms with Gasteiger partial charge in [0.25, 0.3) is 5.91 Å². The van der Waals surface area contributed by atoms with Crippen LogP contribution in [0, 0.1) is 5.92 Å². The maximum absolute atomic E-state index is 12.0. The lowest BCUT2D eigenvalue weighted by Gasteiger charge is -2.11. The van der Waals surface area contributed by atoms with Crippen LogP contribution in [0.3, 0.4) is 0 Å². The fourth-order valence-electron chi connectivity index (χ4n) is 1.79. The number of rotatable bonds is 7. The molecule has 0 spiro atoms. The average molecular weight is 299 g/mol. The van der Waals surface area contributed by atoms with E-state index in [1.807, 2.05) is 6.92 Å². The van der Waals surface area contributed by atoms with Gasteiger partial charge >= 0.3 is 5.97 Å². The maximum atomic E-state index is 12.0. The molecule has 20 heavy (non-hydrogen) atoms. The topological polar surface area (TPSA) is 79.3 Å². The van der Waals surface area contributed by atoms with Crippen LogP contribution < -0.4 is 5.32 Å². The van der Waals surface area contributed by atoms with Gasteiger partial charge in [0.05, 0.1) is 5.92 Å². The lowest BCUT2D eigenvalue weighted by Crippen LogP contribution is -2.32. The molecule has 0 aromatic carbocycles. The molecule has 0 radical (unpaired) electrons. The first-order chi connectivity index (χ1) is 9.47.